The molecule has 3 saturated heterocycles. The normalized spacial score (nSPS) is 41.7. The average Bonchev–Trinajstić information content (AvgIpc) is 2.05. The number of rotatable bonds is 1. The summed E-state index contributed by atoms with van der Waals surface area (Å²) < 4.78 is 5.54. The summed E-state index contributed by atoms with van der Waals surface area (Å²) in [6.45, 7) is 2.46. The molecule has 3 aliphatic heterocycles. The molecule has 0 aromatic heterocycles. The minimum Gasteiger partial charge on any atom is -0.363 e. The number of likely N-dealkylation sites (N-methyl/N-ethyl adjacent to an activating group) is 1. The minimum absolute atomic E-state index is 0.123. The first-order valence-electron chi connectivity index (χ1n) is 4.54. The Balaban J connectivity index is 2.18. The molecular weight excluding hydrogens is 154 g/mol. The quantitative estimate of drug-likeness (QED) is 0.577. The molecule has 0 radical (unpaired) electrons. The lowest BCUT2D eigenvalue weighted by Crippen LogP contribution is -2.58. The average molecular weight is 169 g/mol. The molecule has 68 valence electrons. The lowest BCUT2D eigenvalue weighted by Gasteiger charge is -2.48. The van der Waals surface area contributed by atoms with Crippen molar-refractivity contribution in [2.24, 2.45) is 5.92 Å². The first-order valence-corrected chi connectivity index (χ1v) is 4.54. The maximum absolute atomic E-state index is 11.3. The van der Waals surface area contributed by atoms with Crippen LogP contribution in [0.25, 0.3) is 0 Å². The Hall–Kier alpha value is -0.410. The van der Waals surface area contributed by atoms with E-state index in [4.69, 9.17) is 4.74 Å². The maximum Gasteiger partial charge on any atom is 0.147 e. The van der Waals surface area contributed by atoms with Crippen LogP contribution in [0.2, 0.25) is 0 Å². The number of ether oxygens (including phenoxy) is 1. The van der Waals surface area contributed by atoms with E-state index in [9.17, 15) is 4.79 Å². The van der Waals surface area contributed by atoms with Crippen molar-refractivity contribution >= 4 is 5.78 Å². The van der Waals surface area contributed by atoms with Crippen molar-refractivity contribution in [3.05, 3.63) is 0 Å². The molecule has 0 amide bonds. The summed E-state index contributed by atoms with van der Waals surface area (Å²) in [4.78, 5) is 13.4. The number of ketones is 1. The topological polar surface area (TPSA) is 29.5 Å². The van der Waals surface area contributed by atoms with Crippen LogP contribution in [0.1, 0.15) is 19.8 Å². The lowest BCUT2D eigenvalue weighted by atomic mass is 9.85. The van der Waals surface area contributed by atoms with Gasteiger partial charge in [0.2, 0.25) is 0 Å². The summed E-state index contributed by atoms with van der Waals surface area (Å²) >= 11 is 0. The van der Waals surface area contributed by atoms with E-state index in [1.807, 2.05) is 7.05 Å². The summed E-state index contributed by atoms with van der Waals surface area (Å²) in [5.74, 6) is 0.730. The standard InChI is InChI=1S/C9H15NO2/c1-6(11)9-7-3-4-8(10(9)2)12-5-7/h7-9H,3-5H2,1-2H3. The van der Waals surface area contributed by atoms with Crippen LogP contribution in [-0.4, -0.2) is 36.6 Å². The fourth-order valence-corrected chi connectivity index (χ4v) is 2.46. The van der Waals surface area contributed by atoms with Crippen LogP contribution in [0, 0.1) is 5.92 Å². The van der Waals surface area contributed by atoms with Gasteiger partial charge in [-0.3, -0.25) is 9.69 Å². The maximum atomic E-state index is 11.3. The van der Waals surface area contributed by atoms with E-state index in [1.165, 1.54) is 0 Å². The van der Waals surface area contributed by atoms with Gasteiger partial charge in [-0.05, 0) is 26.8 Å². The van der Waals surface area contributed by atoms with Crippen LogP contribution in [0.3, 0.4) is 0 Å². The molecule has 3 heterocycles. The molecule has 0 aliphatic carbocycles. The SMILES string of the molecule is CC(=O)C1C2CCC(OC2)N1C. The van der Waals surface area contributed by atoms with Crippen molar-refractivity contribution in [3.63, 3.8) is 0 Å². The summed E-state index contributed by atoms with van der Waals surface area (Å²) in [6, 6.07) is 0.123. The van der Waals surface area contributed by atoms with Crippen LogP contribution in [0.15, 0.2) is 0 Å². The van der Waals surface area contributed by atoms with Crippen LogP contribution in [0.4, 0.5) is 0 Å². The molecule has 0 saturated carbocycles. The van der Waals surface area contributed by atoms with E-state index in [0.29, 0.717) is 5.92 Å². The molecular formula is C9H15NO2. The Morgan fingerprint density at radius 3 is 2.58 bits per heavy atom. The Labute approximate surface area is 72.7 Å². The van der Waals surface area contributed by atoms with Crippen molar-refractivity contribution < 1.29 is 9.53 Å². The molecule has 0 aromatic rings. The molecule has 3 rings (SSSR count). The fraction of sp³-hybridized carbons (Fsp3) is 0.889. The molecule has 3 heteroatoms. The third-order valence-electron chi connectivity index (χ3n) is 3.04. The van der Waals surface area contributed by atoms with E-state index in [1.54, 1.807) is 6.92 Å². The number of hydrogen-bond donors (Lipinski definition) is 0. The van der Waals surface area contributed by atoms with Gasteiger partial charge in [-0.15, -0.1) is 0 Å². The smallest absolute Gasteiger partial charge is 0.147 e. The number of carbonyl (C=O) groups excluding carboxylic acids is 1. The van der Waals surface area contributed by atoms with Gasteiger partial charge in [0.05, 0.1) is 12.6 Å². The second kappa shape index (κ2) is 2.82. The van der Waals surface area contributed by atoms with Crippen LogP contribution >= 0.6 is 0 Å². The first-order chi connectivity index (χ1) is 5.70. The first kappa shape index (κ1) is 8.20. The van der Waals surface area contributed by atoms with Gasteiger partial charge in [0, 0.05) is 5.92 Å². The highest BCUT2D eigenvalue weighted by molar-refractivity contribution is 5.82. The van der Waals surface area contributed by atoms with Crippen LogP contribution < -0.4 is 0 Å². The van der Waals surface area contributed by atoms with E-state index < -0.39 is 0 Å². The summed E-state index contributed by atoms with van der Waals surface area (Å²) in [7, 11) is 1.99. The van der Waals surface area contributed by atoms with E-state index in [-0.39, 0.29) is 18.1 Å². The van der Waals surface area contributed by atoms with Crippen LogP contribution in [-0.2, 0) is 9.53 Å². The summed E-state index contributed by atoms with van der Waals surface area (Å²) in [5, 5.41) is 0. The molecule has 3 unspecified atom stereocenters. The number of fused-ring (bicyclic) bond motifs is 3. The molecule has 2 bridgehead atoms. The highest BCUT2D eigenvalue weighted by Gasteiger charge is 2.42. The Bertz CT molecular complexity index is 195. The van der Waals surface area contributed by atoms with Gasteiger partial charge in [-0.25, -0.2) is 0 Å². The van der Waals surface area contributed by atoms with E-state index in [2.05, 4.69) is 4.90 Å². The summed E-state index contributed by atoms with van der Waals surface area (Å²) in [5.41, 5.74) is 0. The monoisotopic (exact) mass is 169 g/mol. The number of carbonyl (C=O) groups is 1. The fourth-order valence-electron chi connectivity index (χ4n) is 2.46. The Morgan fingerprint density at radius 1 is 1.50 bits per heavy atom. The lowest BCUT2D eigenvalue weighted by molar-refractivity contribution is -0.182. The highest BCUT2D eigenvalue weighted by atomic mass is 16.5. The van der Waals surface area contributed by atoms with Crippen molar-refractivity contribution in [2.75, 3.05) is 13.7 Å². The predicted molar refractivity (Wildman–Crippen MR) is 44.7 cm³/mol. The molecule has 12 heavy (non-hydrogen) atoms. The predicted octanol–water partition coefficient (Wildman–Crippen LogP) is 0.642. The zero-order valence-corrected chi connectivity index (χ0v) is 7.62. The number of Topliss-reactive ketones (excluding diaryl/α,β-unsaturated/α-hetero) is 1. The Morgan fingerprint density at radius 2 is 2.25 bits per heavy atom. The third-order valence-corrected chi connectivity index (χ3v) is 3.04. The van der Waals surface area contributed by atoms with Crippen molar-refractivity contribution in [3.8, 4) is 0 Å². The largest absolute Gasteiger partial charge is 0.363 e. The van der Waals surface area contributed by atoms with Gasteiger partial charge in [-0.1, -0.05) is 0 Å². The van der Waals surface area contributed by atoms with Crippen molar-refractivity contribution in [1.29, 1.82) is 0 Å². The van der Waals surface area contributed by atoms with Crippen molar-refractivity contribution in [1.82, 2.24) is 4.90 Å². The zero-order chi connectivity index (χ0) is 8.72. The van der Waals surface area contributed by atoms with E-state index >= 15 is 0 Å². The number of piperidine rings is 1. The molecule has 3 fully saturated rings. The molecule has 3 nitrogen and oxygen atoms in total. The van der Waals surface area contributed by atoms with Gasteiger partial charge in [0.1, 0.15) is 12.0 Å². The number of nitrogens with zero attached hydrogens (tertiary/aromatic N) is 1. The minimum atomic E-state index is 0.123. The third kappa shape index (κ3) is 1.08. The molecule has 3 aliphatic rings. The second-order valence-electron chi connectivity index (χ2n) is 3.85. The van der Waals surface area contributed by atoms with Crippen LogP contribution in [0.5, 0.6) is 0 Å². The van der Waals surface area contributed by atoms with Gasteiger partial charge in [0.15, 0.2) is 0 Å². The van der Waals surface area contributed by atoms with Crippen molar-refractivity contribution in [2.45, 2.75) is 32.0 Å². The molecule has 0 aromatic carbocycles. The second-order valence-corrected chi connectivity index (χ2v) is 3.85. The molecule has 0 spiro atoms. The Kier molecular flexibility index (Phi) is 1.93. The number of hydrogen-bond acceptors (Lipinski definition) is 3. The van der Waals surface area contributed by atoms with E-state index in [0.717, 1.165) is 19.4 Å². The van der Waals surface area contributed by atoms with Gasteiger partial charge < -0.3 is 4.74 Å². The van der Waals surface area contributed by atoms with Gasteiger partial charge in [0.25, 0.3) is 0 Å². The molecule has 3 atom stereocenters. The highest BCUT2D eigenvalue weighted by Crippen LogP contribution is 2.33. The van der Waals surface area contributed by atoms with Gasteiger partial charge >= 0.3 is 0 Å². The van der Waals surface area contributed by atoms with Gasteiger partial charge in [-0.2, -0.15) is 0 Å². The zero-order valence-electron chi connectivity index (χ0n) is 7.62. The molecule has 0 N–H and O–H groups in total. The summed E-state index contributed by atoms with van der Waals surface area (Å²) in [6.07, 6.45) is 2.44.